The third kappa shape index (κ3) is 4.39. The maximum absolute atomic E-state index is 5.53. The lowest BCUT2D eigenvalue weighted by atomic mass is 10.6. The van der Waals surface area contributed by atoms with Crippen molar-refractivity contribution in [2.45, 2.75) is 12.5 Å². The Balaban J connectivity index is 0. The second kappa shape index (κ2) is 7.97. The van der Waals surface area contributed by atoms with Gasteiger partial charge in [-0.25, -0.2) is 0 Å². The van der Waals surface area contributed by atoms with E-state index in [0.29, 0.717) is 5.88 Å². The molecule has 0 aromatic carbocycles. The van der Waals surface area contributed by atoms with E-state index in [1.165, 1.54) is 0 Å². The Bertz CT molecular complexity index is 94.5. The van der Waals surface area contributed by atoms with Gasteiger partial charge in [-0.2, -0.15) is 0 Å². The molecule has 0 fully saturated rings. The lowest BCUT2D eigenvalue weighted by molar-refractivity contribution is 0.123. The van der Waals surface area contributed by atoms with E-state index < -0.39 is 8.80 Å². The Labute approximate surface area is 80.1 Å². The zero-order chi connectivity index (χ0) is 8.74. The van der Waals surface area contributed by atoms with Crippen LogP contribution in [0.25, 0.3) is 0 Å². The van der Waals surface area contributed by atoms with Crippen LogP contribution in [0.4, 0.5) is 0 Å². The van der Waals surface area contributed by atoms with Crippen LogP contribution in [-0.2, 0) is 13.3 Å². The van der Waals surface area contributed by atoms with Gasteiger partial charge >= 0.3 is 8.80 Å². The van der Waals surface area contributed by atoms with Crippen LogP contribution < -0.4 is 6.15 Å². The summed E-state index contributed by atoms with van der Waals surface area (Å²) in [7, 11) is 2.49. The highest BCUT2D eigenvalue weighted by molar-refractivity contribution is 6.60. The molecule has 0 radical (unpaired) electrons. The third-order valence-electron chi connectivity index (χ3n) is 1.55. The molecule has 0 bridgehead atoms. The average Bonchev–Trinajstić information content (AvgIpc) is 2.08. The number of alkyl halides is 1. The molecule has 0 saturated heterocycles. The van der Waals surface area contributed by atoms with E-state index in [0.717, 1.165) is 12.5 Å². The molecule has 0 aromatic rings. The Hall–Kier alpha value is 0.347. The van der Waals surface area contributed by atoms with Crippen LogP contribution in [0.3, 0.4) is 0 Å². The molecule has 6 heteroatoms. The molecule has 0 saturated carbocycles. The van der Waals surface area contributed by atoms with Crippen molar-refractivity contribution in [3.63, 3.8) is 0 Å². The van der Waals surface area contributed by atoms with Gasteiger partial charge in [0.15, 0.2) is 0 Å². The summed E-state index contributed by atoms with van der Waals surface area (Å²) in [6.07, 6.45) is 0.864. The fourth-order valence-electron chi connectivity index (χ4n) is 0.840. The molecule has 0 rings (SSSR count). The summed E-state index contributed by atoms with van der Waals surface area (Å²) < 4.78 is 15.5. The monoisotopic (exact) mass is 215 g/mol. The molecule has 0 spiro atoms. The topological polar surface area (TPSA) is 62.7 Å². The van der Waals surface area contributed by atoms with Crippen LogP contribution in [0.5, 0.6) is 0 Å². The first-order valence-electron chi connectivity index (χ1n) is 3.46. The summed E-state index contributed by atoms with van der Waals surface area (Å²) >= 11 is 5.53. The minimum atomic E-state index is -2.32. The van der Waals surface area contributed by atoms with Gasteiger partial charge in [0.25, 0.3) is 0 Å². The molecule has 0 amide bonds. The number of hydrogen-bond acceptors (Lipinski definition) is 4. The molecule has 76 valence electrons. The van der Waals surface area contributed by atoms with Crippen LogP contribution in [0.2, 0.25) is 6.04 Å². The van der Waals surface area contributed by atoms with Gasteiger partial charge < -0.3 is 19.4 Å². The number of hydrogen-bond donors (Lipinski definition) is 1. The molecular weight excluding hydrogens is 198 g/mol. The van der Waals surface area contributed by atoms with Gasteiger partial charge in [-0.15, -0.1) is 11.6 Å². The first kappa shape index (κ1) is 14.8. The van der Waals surface area contributed by atoms with Gasteiger partial charge in [0.05, 0.1) is 0 Å². The zero-order valence-electron chi connectivity index (χ0n) is 7.93. The second-order valence-electron chi connectivity index (χ2n) is 2.09. The van der Waals surface area contributed by atoms with Crippen molar-refractivity contribution in [2.75, 3.05) is 27.2 Å². The van der Waals surface area contributed by atoms with Crippen LogP contribution >= 0.6 is 11.6 Å². The van der Waals surface area contributed by atoms with Crippen molar-refractivity contribution in [2.24, 2.45) is 0 Å². The summed E-state index contributed by atoms with van der Waals surface area (Å²) in [6, 6.07) is 0.778. The quantitative estimate of drug-likeness (QED) is 0.541. The third-order valence-corrected chi connectivity index (χ3v) is 4.65. The summed E-state index contributed by atoms with van der Waals surface area (Å²) in [5, 5.41) is 0. The van der Waals surface area contributed by atoms with Crippen molar-refractivity contribution < 1.29 is 13.3 Å². The highest BCUT2D eigenvalue weighted by Gasteiger charge is 2.36. The van der Waals surface area contributed by atoms with Crippen molar-refractivity contribution in [3.05, 3.63) is 0 Å². The van der Waals surface area contributed by atoms with E-state index in [1.54, 1.807) is 21.3 Å². The highest BCUT2D eigenvalue weighted by Crippen LogP contribution is 2.14. The summed E-state index contributed by atoms with van der Waals surface area (Å²) in [5.74, 6) is 0.616. The van der Waals surface area contributed by atoms with Gasteiger partial charge in [0.2, 0.25) is 0 Å². The predicted octanol–water partition coefficient (Wildman–Crippen LogP) is 1.66. The molecule has 0 unspecified atom stereocenters. The van der Waals surface area contributed by atoms with E-state index in [9.17, 15) is 0 Å². The maximum atomic E-state index is 5.53. The predicted molar refractivity (Wildman–Crippen MR) is 51.9 cm³/mol. The molecule has 0 aliphatic rings. The molecule has 0 atom stereocenters. The Kier molecular flexibility index (Phi) is 9.86. The minimum absolute atomic E-state index is 0. The standard InChI is InChI=1S/C6H15ClO3Si.H3N/c1-8-11(9-2,10-3)6-4-5-7;/h4-6H2,1-3H3;1H3. The van der Waals surface area contributed by atoms with Gasteiger partial charge in [0.1, 0.15) is 0 Å². The highest BCUT2D eigenvalue weighted by atomic mass is 35.5. The fourth-order valence-corrected chi connectivity index (χ4v) is 2.92. The van der Waals surface area contributed by atoms with E-state index in [2.05, 4.69) is 0 Å². The number of halogens is 1. The molecule has 4 nitrogen and oxygen atoms in total. The molecule has 0 aliphatic heterocycles. The van der Waals surface area contributed by atoms with Crippen molar-refractivity contribution >= 4 is 20.4 Å². The van der Waals surface area contributed by atoms with Crippen LogP contribution in [-0.4, -0.2) is 36.0 Å². The molecule has 3 N–H and O–H groups in total. The van der Waals surface area contributed by atoms with Gasteiger partial charge in [-0.3, -0.25) is 0 Å². The van der Waals surface area contributed by atoms with Crippen LogP contribution in [0.15, 0.2) is 0 Å². The molecular formula is C6H18ClNO3Si. The summed E-state index contributed by atoms with van der Waals surface area (Å²) in [6.45, 7) is 0. The second-order valence-corrected chi connectivity index (χ2v) is 5.56. The largest absolute Gasteiger partial charge is 0.500 e. The minimum Gasteiger partial charge on any atom is -0.377 e. The Morgan fingerprint density at radius 2 is 1.50 bits per heavy atom. The molecule has 12 heavy (non-hydrogen) atoms. The van der Waals surface area contributed by atoms with Crippen molar-refractivity contribution in [1.82, 2.24) is 6.15 Å². The Morgan fingerprint density at radius 3 is 1.75 bits per heavy atom. The van der Waals surface area contributed by atoms with Gasteiger partial charge in [-0.05, 0) is 6.42 Å². The first-order chi connectivity index (χ1) is 5.24. The van der Waals surface area contributed by atoms with E-state index in [1.807, 2.05) is 0 Å². The lowest BCUT2D eigenvalue weighted by Crippen LogP contribution is -2.42. The molecule has 0 aromatic heterocycles. The Morgan fingerprint density at radius 1 is 1.08 bits per heavy atom. The van der Waals surface area contributed by atoms with Gasteiger partial charge in [0, 0.05) is 33.3 Å². The summed E-state index contributed by atoms with van der Waals surface area (Å²) in [5.41, 5.74) is 0. The number of rotatable bonds is 6. The van der Waals surface area contributed by atoms with Crippen molar-refractivity contribution in [3.8, 4) is 0 Å². The van der Waals surface area contributed by atoms with E-state index in [4.69, 9.17) is 24.9 Å². The van der Waals surface area contributed by atoms with Crippen LogP contribution in [0, 0.1) is 0 Å². The maximum Gasteiger partial charge on any atom is 0.500 e. The van der Waals surface area contributed by atoms with E-state index >= 15 is 0 Å². The zero-order valence-corrected chi connectivity index (χ0v) is 9.69. The molecule has 0 aliphatic carbocycles. The van der Waals surface area contributed by atoms with Crippen LogP contribution in [0.1, 0.15) is 6.42 Å². The fraction of sp³-hybridized carbons (Fsp3) is 1.00. The SMILES string of the molecule is CO[Si](CCCCl)(OC)OC.N. The smallest absolute Gasteiger partial charge is 0.377 e. The lowest BCUT2D eigenvalue weighted by Gasteiger charge is -2.23. The normalized spacial score (nSPS) is 11.0. The van der Waals surface area contributed by atoms with Gasteiger partial charge in [-0.1, -0.05) is 0 Å². The van der Waals surface area contributed by atoms with Crippen molar-refractivity contribution in [1.29, 1.82) is 0 Å². The molecule has 0 heterocycles. The first-order valence-corrected chi connectivity index (χ1v) is 5.92. The average molecular weight is 216 g/mol. The van der Waals surface area contributed by atoms with E-state index in [-0.39, 0.29) is 6.15 Å². The summed E-state index contributed by atoms with van der Waals surface area (Å²) in [4.78, 5) is 0.